The molecule has 0 saturated carbocycles. The largest absolute Gasteiger partial charge is 0.496 e. The van der Waals surface area contributed by atoms with Crippen molar-refractivity contribution in [3.05, 3.63) is 69.8 Å². The molecule has 2 aromatic carbocycles. The zero-order valence-electron chi connectivity index (χ0n) is 17.5. The molecule has 0 radical (unpaired) electrons. The normalized spacial score (nSPS) is 14.2. The number of carbonyl (C=O) groups excluding carboxylic acids is 2. The van der Waals surface area contributed by atoms with Gasteiger partial charge < -0.3 is 15.0 Å². The summed E-state index contributed by atoms with van der Waals surface area (Å²) in [6.45, 7) is 3.83. The third kappa shape index (κ3) is 6.02. The predicted octanol–water partition coefficient (Wildman–Crippen LogP) is 2.07. The van der Waals surface area contributed by atoms with Gasteiger partial charge in [0.2, 0.25) is 5.91 Å². The molecule has 0 atom stereocenters. The van der Waals surface area contributed by atoms with E-state index < -0.39 is 4.92 Å². The fourth-order valence-electron chi connectivity index (χ4n) is 3.51. The quantitative estimate of drug-likeness (QED) is 0.512. The topological polar surface area (TPSA) is 105 Å². The minimum absolute atomic E-state index is 0.000871. The lowest BCUT2D eigenvalue weighted by atomic mass is 10.1. The van der Waals surface area contributed by atoms with Crippen molar-refractivity contribution in [2.75, 3.05) is 39.8 Å². The van der Waals surface area contributed by atoms with Crippen LogP contribution in [0.2, 0.25) is 0 Å². The van der Waals surface area contributed by atoms with Gasteiger partial charge in [-0.2, -0.15) is 0 Å². The summed E-state index contributed by atoms with van der Waals surface area (Å²) in [4.78, 5) is 38.9. The van der Waals surface area contributed by atoms with E-state index >= 15 is 0 Å². The molecule has 1 aliphatic rings. The van der Waals surface area contributed by atoms with Gasteiger partial charge in [0.05, 0.1) is 12.0 Å². The van der Waals surface area contributed by atoms with Gasteiger partial charge in [0.15, 0.2) is 0 Å². The van der Waals surface area contributed by atoms with Gasteiger partial charge in [0, 0.05) is 68.9 Å². The minimum atomic E-state index is -0.517. The average molecular weight is 426 g/mol. The fraction of sp³-hybridized carbons (Fsp3) is 0.364. The summed E-state index contributed by atoms with van der Waals surface area (Å²) >= 11 is 0. The maximum absolute atomic E-state index is 12.5. The van der Waals surface area contributed by atoms with Crippen molar-refractivity contribution in [1.29, 1.82) is 0 Å². The van der Waals surface area contributed by atoms with E-state index in [0.29, 0.717) is 18.7 Å². The Balaban J connectivity index is 1.40. The molecule has 1 N–H and O–H groups in total. The summed E-state index contributed by atoms with van der Waals surface area (Å²) in [6, 6.07) is 13.3. The van der Waals surface area contributed by atoms with E-state index in [4.69, 9.17) is 4.74 Å². The highest BCUT2D eigenvalue weighted by molar-refractivity contribution is 5.94. The molecule has 164 valence electrons. The molecule has 0 aliphatic carbocycles. The zero-order valence-corrected chi connectivity index (χ0v) is 17.5. The molecule has 2 amide bonds. The van der Waals surface area contributed by atoms with E-state index in [0.717, 1.165) is 30.9 Å². The minimum Gasteiger partial charge on any atom is -0.496 e. The van der Waals surface area contributed by atoms with Gasteiger partial charge in [0.25, 0.3) is 11.6 Å². The number of nitro benzene ring substituents is 1. The van der Waals surface area contributed by atoms with Crippen molar-refractivity contribution in [2.45, 2.75) is 13.0 Å². The number of nitro groups is 1. The smallest absolute Gasteiger partial charge is 0.269 e. The molecule has 1 fully saturated rings. The summed E-state index contributed by atoms with van der Waals surface area (Å²) < 4.78 is 5.40. The van der Waals surface area contributed by atoms with Crippen LogP contribution < -0.4 is 10.1 Å². The first-order chi connectivity index (χ1) is 15.0. The predicted molar refractivity (Wildman–Crippen MR) is 115 cm³/mol. The standard InChI is InChI=1S/C22H26N4O5/c1-31-20-5-3-2-4-18(20)16-24-12-14-25(15-13-24)21(27)10-11-23-22(28)17-6-8-19(9-7-17)26(29)30/h2-9H,10-16H2,1H3,(H,23,28). The Hall–Kier alpha value is -3.46. The van der Waals surface area contributed by atoms with Crippen molar-refractivity contribution in [3.63, 3.8) is 0 Å². The molecule has 1 aliphatic heterocycles. The van der Waals surface area contributed by atoms with E-state index in [2.05, 4.69) is 10.2 Å². The third-order valence-electron chi connectivity index (χ3n) is 5.28. The summed E-state index contributed by atoms with van der Waals surface area (Å²) in [5.41, 5.74) is 1.37. The Kier molecular flexibility index (Phi) is 7.55. The molecule has 0 aromatic heterocycles. The molecular weight excluding hydrogens is 400 g/mol. The maximum Gasteiger partial charge on any atom is 0.269 e. The Morgan fingerprint density at radius 2 is 1.74 bits per heavy atom. The van der Waals surface area contributed by atoms with E-state index in [1.807, 2.05) is 29.2 Å². The van der Waals surface area contributed by atoms with Gasteiger partial charge in [-0.3, -0.25) is 24.6 Å². The van der Waals surface area contributed by atoms with Crippen molar-refractivity contribution < 1.29 is 19.2 Å². The Morgan fingerprint density at radius 1 is 1.06 bits per heavy atom. The number of amides is 2. The molecule has 1 saturated heterocycles. The number of para-hydroxylation sites is 1. The first-order valence-electron chi connectivity index (χ1n) is 10.1. The summed E-state index contributed by atoms with van der Waals surface area (Å²) in [5, 5.41) is 13.4. The second-order valence-corrected chi connectivity index (χ2v) is 7.28. The molecule has 2 aromatic rings. The molecule has 0 bridgehead atoms. The molecule has 1 heterocycles. The fourth-order valence-corrected chi connectivity index (χ4v) is 3.51. The van der Waals surface area contributed by atoms with Gasteiger partial charge in [-0.1, -0.05) is 18.2 Å². The maximum atomic E-state index is 12.5. The highest BCUT2D eigenvalue weighted by Crippen LogP contribution is 2.20. The summed E-state index contributed by atoms with van der Waals surface area (Å²) in [7, 11) is 1.66. The summed E-state index contributed by atoms with van der Waals surface area (Å²) in [5.74, 6) is 0.509. The van der Waals surface area contributed by atoms with Crippen molar-refractivity contribution in [3.8, 4) is 5.75 Å². The van der Waals surface area contributed by atoms with Crippen LogP contribution in [0.5, 0.6) is 5.75 Å². The van der Waals surface area contributed by atoms with Crippen LogP contribution in [0, 0.1) is 10.1 Å². The first kappa shape index (κ1) is 22.2. The molecule has 9 heteroatoms. The molecule has 31 heavy (non-hydrogen) atoms. The molecule has 0 spiro atoms. The first-order valence-corrected chi connectivity index (χ1v) is 10.1. The van der Waals surface area contributed by atoms with Crippen LogP contribution in [0.15, 0.2) is 48.5 Å². The number of piperazine rings is 1. The second kappa shape index (κ2) is 10.5. The van der Waals surface area contributed by atoms with Crippen LogP contribution in [0.4, 0.5) is 5.69 Å². The zero-order chi connectivity index (χ0) is 22.2. The number of hydrogen-bond donors (Lipinski definition) is 1. The number of nitrogens with zero attached hydrogens (tertiary/aromatic N) is 3. The number of benzene rings is 2. The second-order valence-electron chi connectivity index (χ2n) is 7.28. The molecule has 3 rings (SSSR count). The number of non-ortho nitro benzene ring substituents is 1. The van der Waals surface area contributed by atoms with Crippen LogP contribution in [-0.4, -0.2) is 66.4 Å². The van der Waals surface area contributed by atoms with Crippen LogP contribution in [0.1, 0.15) is 22.3 Å². The lowest BCUT2D eigenvalue weighted by Crippen LogP contribution is -2.48. The van der Waals surface area contributed by atoms with E-state index in [9.17, 15) is 19.7 Å². The molecule has 0 unspecified atom stereocenters. The van der Waals surface area contributed by atoms with Gasteiger partial charge in [-0.15, -0.1) is 0 Å². The monoisotopic (exact) mass is 426 g/mol. The lowest BCUT2D eigenvalue weighted by molar-refractivity contribution is -0.384. The highest BCUT2D eigenvalue weighted by atomic mass is 16.6. The van der Waals surface area contributed by atoms with Crippen molar-refractivity contribution >= 4 is 17.5 Å². The number of rotatable bonds is 8. The SMILES string of the molecule is COc1ccccc1CN1CCN(C(=O)CCNC(=O)c2ccc([N+](=O)[O-])cc2)CC1. The van der Waals surface area contributed by atoms with E-state index in [1.54, 1.807) is 7.11 Å². The number of carbonyl (C=O) groups is 2. The van der Waals surface area contributed by atoms with Gasteiger partial charge in [0.1, 0.15) is 5.75 Å². The van der Waals surface area contributed by atoms with Crippen LogP contribution >= 0.6 is 0 Å². The summed E-state index contributed by atoms with van der Waals surface area (Å²) in [6.07, 6.45) is 0.214. The average Bonchev–Trinajstić information content (AvgIpc) is 2.79. The van der Waals surface area contributed by atoms with Crippen LogP contribution in [0.25, 0.3) is 0 Å². The van der Waals surface area contributed by atoms with E-state index in [-0.39, 0.29) is 30.5 Å². The third-order valence-corrected chi connectivity index (χ3v) is 5.28. The van der Waals surface area contributed by atoms with Crippen molar-refractivity contribution in [1.82, 2.24) is 15.1 Å². The number of nitrogens with one attached hydrogen (secondary N) is 1. The van der Waals surface area contributed by atoms with Crippen LogP contribution in [-0.2, 0) is 11.3 Å². The van der Waals surface area contributed by atoms with E-state index in [1.165, 1.54) is 24.3 Å². The number of hydrogen-bond acceptors (Lipinski definition) is 6. The number of ether oxygens (including phenoxy) is 1. The van der Waals surface area contributed by atoms with Gasteiger partial charge in [-0.25, -0.2) is 0 Å². The Morgan fingerprint density at radius 3 is 2.39 bits per heavy atom. The number of methoxy groups -OCH3 is 1. The lowest BCUT2D eigenvalue weighted by Gasteiger charge is -2.35. The van der Waals surface area contributed by atoms with Crippen LogP contribution in [0.3, 0.4) is 0 Å². The van der Waals surface area contributed by atoms with Gasteiger partial charge in [-0.05, 0) is 18.2 Å². The Labute approximate surface area is 180 Å². The molecule has 9 nitrogen and oxygen atoms in total. The van der Waals surface area contributed by atoms with Crippen molar-refractivity contribution in [2.24, 2.45) is 0 Å². The highest BCUT2D eigenvalue weighted by Gasteiger charge is 2.21. The van der Waals surface area contributed by atoms with Gasteiger partial charge >= 0.3 is 0 Å². The Bertz CT molecular complexity index is 924. The molecular formula is C22H26N4O5.